The van der Waals surface area contributed by atoms with Crippen LogP contribution in [0.3, 0.4) is 0 Å². The van der Waals surface area contributed by atoms with Crippen molar-refractivity contribution in [3.8, 4) is 5.82 Å². The Morgan fingerprint density at radius 1 is 1.09 bits per heavy atom. The molecule has 35 heavy (non-hydrogen) atoms. The highest BCUT2D eigenvalue weighted by molar-refractivity contribution is 7.92. The number of aliphatic carboxylic acids is 1. The van der Waals surface area contributed by atoms with Crippen LogP contribution >= 0.6 is 23.2 Å². The number of halogens is 2. The Kier molecular flexibility index (Phi) is 6.66. The summed E-state index contributed by atoms with van der Waals surface area (Å²) in [6.07, 6.45) is 3.22. The third-order valence-corrected chi connectivity index (χ3v) is 7.19. The minimum Gasteiger partial charge on any atom is -0.480 e. The van der Waals surface area contributed by atoms with Crippen molar-refractivity contribution < 1.29 is 23.1 Å². The van der Waals surface area contributed by atoms with E-state index in [1.165, 1.54) is 19.3 Å². The minimum atomic E-state index is -4.35. The van der Waals surface area contributed by atoms with Crippen LogP contribution in [0.4, 0.5) is 5.69 Å². The second kappa shape index (κ2) is 9.53. The lowest BCUT2D eigenvalue weighted by Gasteiger charge is -2.23. The van der Waals surface area contributed by atoms with Crippen LogP contribution in [0.15, 0.2) is 65.8 Å². The summed E-state index contributed by atoms with van der Waals surface area (Å²) in [4.78, 5) is 31.3. The average Bonchev–Trinajstić information content (AvgIpc) is 3.24. The Morgan fingerprint density at radius 2 is 1.80 bits per heavy atom. The molecule has 180 valence electrons. The van der Waals surface area contributed by atoms with Crippen LogP contribution in [-0.2, 0) is 14.8 Å². The second-order valence-corrected chi connectivity index (χ2v) is 9.90. The Bertz CT molecular complexity index is 1550. The smallest absolute Gasteiger partial charge is 0.324 e. The molecule has 0 aliphatic carbocycles. The van der Waals surface area contributed by atoms with Crippen LogP contribution < -0.4 is 9.62 Å². The molecule has 0 atom stereocenters. The zero-order valence-electron chi connectivity index (χ0n) is 18.0. The van der Waals surface area contributed by atoms with Gasteiger partial charge in [0.05, 0.1) is 16.1 Å². The number of carbonyl (C=O) groups excluding carboxylic acids is 1. The number of anilines is 1. The first kappa shape index (κ1) is 24.5. The predicted octanol–water partition coefficient (Wildman–Crippen LogP) is 3.37. The van der Waals surface area contributed by atoms with Crippen molar-refractivity contribution in [1.82, 2.24) is 19.9 Å². The quantitative estimate of drug-likeness (QED) is 0.347. The summed E-state index contributed by atoms with van der Waals surface area (Å²) in [6.45, 7) is -0.832. The SMILES string of the molecule is CNC(=O)c1ccnc(-n2ccc3cc(N(CC(=O)O)S(=O)(=O)c4cc(Cl)nc(Cl)c4)ccc32)c1. The van der Waals surface area contributed by atoms with Crippen molar-refractivity contribution in [2.75, 3.05) is 17.9 Å². The molecule has 13 heteroatoms. The van der Waals surface area contributed by atoms with E-state index in [1.54, 1.807) is 41.1 Å². The van der Waals surface area contributed by atoms with E-state index in [0.29, 0.717) is 22.3 Å². The van der Waals surface area contributed by atoms with Gasteiger partial charge in [-0.3, -0.25) is 13.9 Å². The third kappa shape index (κ3) is 4.92. The minimum absolute atomic E-state index is 0.119. The van der Waals surface area contributed by atoms with Crippen molar-refractivity contribution in [3.05, 3.63) is 76.8 Å². The van der Waals surface area contributed by atoms with Gasteiger partial charge in [0.2, 0.25) is 0 Å². The summed E-state index contributed by atoms with van der Waals surface area (Å²) in [7, 11) is -2.82. The maximum absolute atomic E-state index is 13.3. The molecule has 0 spiro atoms. The Balaban J connectivity index is 1.79. The molecule has 0 bridgehead atoms. The van der Waals surface area contributed by atoms with E-state index in [9.17, 15) is 23.1 Å². The number of sulfonamides is 1. The van der Waals surface area contributed by atoms with Gasteiger partial charge in [-0.25, -0.2) is 18.4 Å². The van der Waals surface area contributed by atoms with E-state index < -0.39 is 22.5 Å². The van der Waals surface area contributed by atoms with Gasteiger partial charge in [-0.05, 0) is 48.5 Å². The first-order valence-corrected chi connectivity index (χ1v) is 12.2. The molecular weight excluding hydrogens is 517 g/mol. The highest BCUT2D eigenvalue weighted by Crippen LogP contribution is 2.30. The van der Waals surface area contributed by atoms with Gasteiger partial charge < -0.3 is 15.0 Å². The molecule has 0 aliphatic rings. The molecule has 2 N–H and O–H groups in total. The lowest BCUT2D eigenvalue weighted by Crippen LogP contribution is -2.35. The highest BCUT2D eigenvalue weighted by Gasteiger charge is 2.28. The Labute approximate surface area is 209 Å². The molecule has 1 amide bonds. The van der Waals surface area contributed by atoms with Crippen LogP contribution in [-0.4, -0.2) is 53.5 Å². The van der Waals surface area contributed by atoms with E-state index >= 15 is 0 Å². The molecule has 3 aromatic heterocycles. The average molecular weight is 534 g/mol. The van der Waals surface area contributed by atoms with E-state index in [4.69, 9.17) is 23.2 Å². The monoisotopic (exact) mass is 533 g/mol. The number of nitrogens with zero attached hydrogens (tertiary/aromatic N) is 4. The van der Waals surface area contributed by atoms with Gasteiger partial charge in [-0.2, -0.15) is 0 Å². The van der Waals surface area contributed by atoms with Gasteiger partial charge in [0.15, 0.2) is 0 Å². The number of fused-ring (bicyclic) bond motifs is 1. The molecule has 3 heterocycles. The molecule has 4 rings (SSSR count). The molecular formula is C22H17Cl2N5O5S. The fourth-order valence-corrected chi connectivity index (χ4v) is 5.51. The number of hydrogen-bond acceptors (Lipinski definition) is 6. The number of nitrogens with one attached hydrogen (secondary N) is 1. The zero-order valence-corrected chi connectivity index (χ0v) is 20.3. The number of pyridine rings is 2. The molecule has 0 unspecified atom stereocenters. The summed E-state index contributed by atoms with van der Waals surface area (Å²) in [6, 6.07) is 11.8. The fraction of sp³-hybridized carbons (Fsp3) is 0.0909. The first-order valence-electron chi connectivity index (χ1n) is 9.97. The highest BCUT2D eigenvalue weighted by atomic mass is 35.5. The molecule has 0 aliphatic heterocycles. The van der Waals surface area contributed by atoms with Gasteiger partial charge >= 0.3 is 5.97 Å². The summed E-state index contributed by atoms with van der Waals surface area (Å²) in [5.74, 6) is -1.14. The zero-order chi connectivity index (χ0) is 25.3. The van der Waals surface area contributed by atoms with E-state index in [0.717, 1.165) is 16.4 Å². The van der Waals surface area contributed by atoms with Gasteiger partial charge in [0, 0.05) is 30.4 Å². The number of rotatable bonds is 7. The lowest BCUT2D eigenvalue weighted by atomic mass is 10.2. The maximum atomic E-state index is 13.3. The number of aromatic nitrogens is 3. The number of amides is 1. The topological polar surface area (TPSA) is 134 Å². The summed E-state index contributed by atoms with van der Waals surface area (Å²) in [5.41, 5.74) is 1.20. The van der Waals surface area contributed by atoms with Crippen LogP contribution in [0, 0.1) is 0 Å². The molecule has 0 radical (unpaired) electrons. The summed E-state index contributed by atoms with van der Waals surface area (Å²) in [5, 5.41) is 12.3. The molecule has 0 fully saturated rings. The van der Waals surface area contributed by atoms with Crippen molar-refractivity contribution >= 4 is 61.7 Å². The number of hydrogen-bond donors (Lipinski definition) is 2. The van der Waals surface area contributed by atoms with Gasteiger partial charge in [0.25, 0.3) is 15.9 Å². The van der Waals surface area contributed by atoms with Crippen molar-refractivity contribution in [2.24, 2.45) is 0 Å². The van der Waals surface area contributed by atoms with E-state index in [1.807, 2.05) is 0 Å². The van der Waals surface area contributed by atoms with Crippen molar-refractivity contribution in [3.63, 3.8) is 0 Å². The lowest BCUT2D eigenvalue weighted by molar-refractivity contribution is -0.135. The Hall–Kier alpha value is -3.67. The predicted molar refractivity (Wildman–Crippen MR) is 131 cm³/mol. The molecule has 10 nitrogen and oxygen atoms in total. The molecule has 1 aromatic carbocycles. The maximum Gasteiger partial charge on any atom is 0.324 e. The van der Waals surface area contributed by atoms with Crippen LogP contribution in [0.2, 0.25) is 10.3 Å². The van der Waals surface area contributed by atoms with E-state index in [-0.39, 0.29) is 26.8 Å². The number of carboxylic acids is 1. The molecule has 4 aromatic rings. The third-order valence-electron chi connectivity index (χ3n) is 5.05. The molecule has 0 saturated heterocycles. The van der Waals surface area contributed by atoms with Gasteiger partial charge in [0.1, 0.15) is 22.7 Å². The largest absolute Gasteiger partial charge is 0.480 e. The van der Waals surface area contributed by atoms with Crippen LogP contribution in [0.1, 0.15) is 10.4 Å². The van der Waals surface area contributed by atoms with Crippen molar-refractivity contribution in [1.29, 1.82) is 0 Å². The van der Waals surface area contributed by atoms with Gasteiger partial charge in [-0.15, -0.1) is 0 Å². The summed E-state index contributed by atoms with van der Waals surface area (Å²) >= 11 is 11.7. The number of benzene rings is 1. The second-order valence-electron chi connectivity index (χ2n) is 7.26. The standard InChI is InChI=1S/C22H17Cl2N5O5S/c1-25-22(32)14-4-6-26-20(9-14)28-7-5-13-8-15(2-3-17(13)28)29(12-21(30)31)35(33,34)16-10-18(23)27-19(24)11-16/h2-11H,12H2,1H3,(H,25,32)(H,30,31). The Morgan fingerprint density at radius 3 is 2.46 bits per heavy atom. The van der Waals surface area contributed by atoms with Gasteiger partial charge in [-0.1, -0.05) is 23.2 Å². The molecule has 0 saturated carbocycles. The van der Waals surface area contributed by atoms with Crippen LogP contribution in [0.5, 0.6) is 0 Å². The summed E-state index contributed by atoms with van der Waals surface area (Å²) < 4.78 is 29.1. The van der Waals surface area contributed by atoms with Crippen LogP contribution in [0.25, 0.3) is 16.7 Å². The first-order chi connectivity index (χ1) is 16.6. The number of carboxylic acid groups (broad SMARTS) is 1. The fourth-order valence-electron chi connectivity index (χ4n) is 3.48. The van der Waals surface area contributed by atoms with Crippen molar-refractivity contribution in [2.45, 2.75) is 4.90 Å². The number of carbonyl (C=O) groups is 2. The normalized spacial score (nSPS) is 11.4. The van der Waals surface area contributed by atoms with E-state index in [2.05, 4.69) is 15.3 Å².